The normalized spacial score (nSPS) is 14.7. The number of carbonyl (C=O) groups is 1. The molecule has 1 aromatic carbocycles. The molecule has 7 nitrogen and oxygen atoms in total. The lowest BCUT2D eigenvalue weighted by atomic mass is 9.98. The van der Waals surface area contributed by atoms with Crippen molar-refractivity contribution in [3.05, 3.63) is 34.3 Å². The number of H-pyrrole nitrogens is 1. The molecule has 2 atom stereocenters. The number of aromatic nitrogens is 1. The van der Waals surface area contributed by atoms with E-state index in [2.05, 4.69) is 4.98 Å². The Balaban J connectivity index is 2.49. The summed E-state index contributed by atoms with van der Waals surface area (Å²) in [6, 6.07) is 3.43. The molecule has 102 valence electrons. The Morgan fingerprint density at radius 3 is 2.74 bits per heavy atom. The van der Waals surface area contributed by atoms with Crippen molar-refractivity contribution >= 4 is 17.1 Å². The monoisotopic (exact) mass is 265 g/mol. The highest BCUT2D eigenvalue weighted by atomic mass is 16.4. The van der Waals surface area contributed by atoms with Crippen LogP contribution in [0.3, 0.4) is 0 Å². The Morgan fingerprint density at radius 2 is 2.16 bits per heavy atom. The first-order chi connectivity index (χ1) is 8.90. The molecule has 0 radical (unpaired) electrons. The van der Waals surface area contributed by atoms with Crippen LogP contribution in [0.2, 0.25) is 0 Å². The molecule has 0 fully saturated rings. The summed E-state index contributed by atoms with van der Waals surface area (Å²) >= 11 is 0. The smallest absolute Gasteiger partial charge is 0.417 e. The van der Waals surface area contributed by atoms with Crippen molar-refractivity contribution in [2.45, 2.75) is 12.1 Å². The van der Waals surface area contributed by atoms with Crippen LogP contribution in [0.4, 0.5) is 0 Å². The summed E-state index contributed by atoms with van der Waals surface area (Å²) in [5, 5.41) is 9.05. The van der Waals surface area contributed by atoms with Gasteiger partial charge in [-0.15, -0.1) is 0 Å². The van der Waals surface area contributed by atoms with Crippen molar-refractivity contribution in [2.24, 2.45) is 5.73 Å². The first kappa shape index (κ1) is 13.3. The Hall–Kier alpha value is -2.12. The van der Waals surface area contributed by atoms with E-state index in [1.807, 2.05) is 0 Å². The third kappa shape index (κ3) is 2.51. The number of nitrogens with two attached hydrogens (primary N) is 1. The van der Waals surface area contributed by atoms with Crippen molar-refractivity contribution < 1.29 is 14.3 Å². The fourth-order valence-corrected chi connectivity index (χ4v) is 2.11. The number of fused-ring (bicyclic) bond motifs is 1. The zero-order chi connectivity index (χ0) is 14.2. The van der Waals surface area contributed by atoms with Crippen LogP contribution in [0.15, 0.2) is 27.4 Å². The van der Waals surface area contributed by atoms with Crippen LogP contribution < -0.4 is 11.5 Å². The van der Waals surface area contributed by atoms with E-state index < -0.39 is 23.8 Å². The van der Waals surface area contributed by atoms with Gasteiger partial charge in [-0.25, -0.2) is 4.79 Å². The third-order valence-electron chi connectivity index (χ3n) is 2.97. The number of carboxylic acid groups (broad SMARTS) is 1. The van der Waals surface area contributed by atoms with Crippen LogP contribution >= 0.6 is 0 Å². The van der Waals surface area contributed by atoms with E-state index in [0.717, 1.165) is 0 Å². The number of carboxylic acids is 1. The zero-order valence-electron chi connectivity index (χ0n) is 10.6. The highest BCUT2D eigenvalue weighted by Crippen LogP contribution is 2.24. The molecule has 0 saturated heterocycles. The van der Waals surface area contributed by atoms with E-state index >= 15 is 0 Å². The predicted molar refractivity (Wildman–Crippen MR) is 68.9 cm³/mol. The molecule has 0 spiro atoms. The second-order valence-corrected chi connectivity index (χ2v) is 4.54. The van der Waals surface area contributed by atoms with Crippen molar-refractivity contribution in [1.29, 1.82) is 0 Å². The van der Waals surface area contributed by atoms with Crippen LogP contribution in [0.1, 0.15) is 11.6 Å². The van der Waals surface area contributed by atoms with E-state index in [1.165, 1.54) is 0 Å². The minimum Gasteiger partial charge on any atom is -0.480 e. The highest BCUT2D eigenvalue weighted by molar-refractivity contribution is 5.76. The molecular weight excluding hydrogens is 250 g/mol. The summed E-state index contributed by atoms with van der Waals surface area (Å²) in [4.78, 5) is 26.4. The second kappa shape index (κ2) is 4.87. The molecule has 0 bridgehead atoms. The molecule has 0 aliphatic heterocycles. The van der Waals surface area contributed by atoms with Gasteiger partial charge < -0.3 is 20.2 Å². The SMILES string of the molecule is CN(C)C(c1ccc2[nH]c(=O)oc2c1)C(N)C(=O)O. The Kier molecular flexibility index (Phi) is 3.41. The van der Waals surface area contributed by atoms with E-state index in [1.54, 1.807) is 37.2 Å². The van der Waals surface area contributed by atoms with Gasteiger partial charge in [0.05, 0.1) is 11.6 Å². The van der Waals surface area contributed by atoms with E-state index in [0.29, 0.717) is 16.7 Å². The molecule has 0 aliphatic rings. The van der Waals surface area contributed by atoms with E-state index in [-0.39, 0.29) is 0 Å². The maximum absolute atomic E-state index is 11.1. The van der Waals surface area contributed by atoms with Gasteiger partial charge in [-0.1, -0.05) is 6.07 Å². The quantitative estimate of drug-likeness (QED) is 0.724. The maximum atomic E-state index is 11.1. The van der Waals surface area contributed by atoms with E-state index in [4.69, 9.17) is 15.3 Å². The topological polar surface area (TPSA) is 113 Å². The number of hydrogen-bond donors (Lipinski definition) is 3. The van der Waals surface area contributed by atoms with Gasteiger partial charge >= 0.3 is 11.7 Å². The van der Waals surface area contributed by atoms with Gasteiger partial charge in [0.2, 0.25) is 0 Å². The minimum absolute atomic E-state index is 0.381. The molecule has 4 N–H and O–H groups in total. The summed E-state index contributed by atoms with van der Waals surface area (Å²) < 4.78 is 4.96. The zero-order valence-corrected chi connectivity index (χ0v) is 10.6. The van der Waals surface area contributed by atoms with Gasteiger partial charge in [-0.2, -0.15) is 0 Å². The molecule has 1 heterocycles. The molecule has 0 amide bonds. The van der Waals surface area contributed by atoms with Crippen LogP contribution in [0.5, 0.6) is 0 Å². The van der Waals surface area contributed by atoms with E-state index in [9.17, 15) is 9.59 Å². The number of hydrogen-bond acceptors (Lipinski definition) is 5. The lowest BCUT2D eigenvalue weighted by molar-refractivity contribution is -0.140. The Morgan fingerprint density at radius 1 is 1.47 bits per heavy atom. The molecule has 1 aromatic heterocycles. The fourth-order valence-electron chi connectivity index (χ4n) is 2.11. The van der Waals surface area contributed by atoms with Gasteiger partial charge in [0.15, 0.2) is 5.58 Å². The van der Waals surface area contributed by atoms with Gasteiger partial charge in [0.25, 0.3) is 0 Å². The number of oxazole rings is 1. The number of aromatic amines is 1. The van der Waals surface area contributed by atoms with Gasteiger partial charge in [0, 0.05) is 0 Å². The molecule has 0 saturated carbocycles. The molecule has 7 heteroatoms. The second-order valence-electron chi connectivity index (χ2n) is 4.54. The van der Waals surface area contributed by atoms with Gasteiger partial charge in [-0.05, 0) is 31.8 Å². The summed E-state index contributed by atoms with van der Waals surface area (Å²) in [6.07, 6.45) is 0. The number of rotatable bonds is 4. The molecule has 2 unspecified atom stereocenters. The summed E-state index contributed by atoms with van der Waals surface area (Å²) in [6.45, 7) is 0. The number of nitrogens with one attached hydrogen (secondary N) is 1. The number of nitrogens with zero attached hydrogens (tertiary/aromatic N) is 1. The molecule has 0 aliphatic carbocycles. The summed E-state index contributed by atoms with van der Waals surface area (Å²) in [7, 11) is 3.48. The predicted octanol–water partition coefficient (Wildman–Crippen LogP) is 0.136. The molecule has 19 heavy (non-hydrogen) atoms. The van der Waals surface area contributed by atoms with Crippen molar-refractivity contribution in [3.63, 3.8) is 0 Å². The largest absolute Gasteiger partial charge is 0.480 e. The first-order valence-corrected chi connectivity index (χ1v) is 5.67. The van der Waals surface area contributed by atoms with Crippen LogP contribution in [-0.4, -0.2) is 41.1 Å². The lowest BCUT2D eigenvalue weighted by Crippen LogP contribution is -2.43. The first-order valence-electron chi connectivity index (χ1n) is 5.67. The standard InChI is InChI=1S/C12H15N3O4/c1-15(2)10(9(13)11(16)17)6-3-4-7-8(5-6)19-12(18)14-7/h3-5,9-10H,13H2,1-2H3,(H,14,18)(H,16,17). The van der Waals surface area contributed by atoms with Gasteiger partial charge in [-0.3, -0.25) is 9.78 Å². The van der Waals surface area contributed by atoms with Crippen molar-refractivity contribution in [2.75, 3.05) is 14.1 Å². The minimum atomic E-state index is -1.09. The number of likely N-dealkylation sites (N-methyl/N-ethyl adjacent to an activating group) is 1. The van der Waals surface area contributed by atoms with Crippen LogP contribution in [-0.2, 0) is 4.79 Å². The third-order valence-corrected chi connectivity index (χ3v) is 2.97. The average Bonchev–Trinajstić information content (AvgIpc) is 2.67. The van der Waals surface area contributed by atoms with Crippen LogP contribution in [0.25, 0.3) is 11.1 Å². The lowest BCUT2D eigenvalue weighted by Gasteiger charge is -2.27. The van der Waals surface area contributed by atoms with Crippen molar-refractivity contribution in [3.8, 4) is 0 Å². The average molecular weight is 265 g/mol. The highest BCUT2D eigenvalue weighted by Gasteiger charge is 2.28. The molecule has 2 aromatic rings. The fraction of sp³-hybridized carbons (Fsp3) is 0.333. The Bertz CT molecular complexity index is 658. The van der Waals surface area contributed by atoms with Gasteiger partial charge in [0.1, 0.15) is 6.04 Å². The summed E-state index contributed by atoms with van der Waals surface area (Å²) in [5.41, 5.74) is 7.32. The number of benzene rings is 1. The summed E-state index contributed by atoms with van der Waals surface area (Å²) in [5.74, 6) is -1.63. The van der Waals surface area contributed by atoms with Crippen molar-refractivity contribution in [1.82, 2.24) is 9.88 Å². The maximum Gasteiger partial charge on any atom is 0.417 e. The molecule has 2 rings (SSSR count). The Labute approximate surface area is 108 Å². The number of aliphatic carboxylic acids is 1. The molecular formula is C12H15N3O4. The van der Waals surface area contributed by atoms with Crippen LogP contribution in [0, 0.1) is 0 Å².